The molecule has 1 aliphatic heterocycles. The largest absolute Gasteiger partial charge is 0.458 e. The second-order valence-electron chi connectivity index (χ2n) is 17.3. The molecule has 364 valence electrons. The number of amides is 8. The van der Waals surface area contributed by atoms with E-state index in [-0.39, 0.29) is 31.6 Å². The molecule has 21 nitrogen and oxygen atoms in total. The number of esters is 1. The zero-order valence-corrected chi connectivity index (χ0v) is 38.6. The first-order valence-electron chi connectivity index (χ1n) is 21.9. The van der Waals surface area contributed by atoms with Crippen LogP contribution in [-0.4, -0.2) is 124 Å². The highest BCUT2D eigenvalue weighted by Gasteiger charge is 2.40. The fourth-order valence-corrected chi connectivity index (χ4v) is 6.95. The van der Waals surface area contributed by atoms with Crippen LogP contribution in [0.5, 0.6) is 0 Å². The van der Waals surface area contributed by atoms with Crippen LogP contribution in [0.1, 0.15) is 78.9 Å². The number of Topliss-reactive ketones (excluding diaryl/α,β-unsaturated/α-hetero) is 2. The quantitative estimate of drug-likeness (QED) is 0.0672. The molecule has 1 heterocycles. The monoisotopic (exact) mass is 934 g/mol. The Bertz CT molecular complexity index is 2130. The van der Waals surface area contributed by atoms with E-state index >= 15 is 0 Å². The summed E-state index contributed by atoms with van der Waals surface area (Å²) in [4.78, 5) is 148. The van der Waals surface area contributed by atoms with Gasteiger partial charge in [0.05, 0.1) is 25.0 Å². The first-order valence-corrected chi connectivity index (χ1v) is 21.9. The average Bonchev–Trinajstić information content (AvgIpc) is 3.25. The van der Waals surface area contributed by atoms with Crippen LogP contribution in [0.3, 0.4) is 0 Å². The Morgan fingerprint density at radius 2 is 1.22 bits per heavy atom. The summed E-state index contributed by atoms with van der Waals surface area (Å²) in [6.45, 7) is 10.1. The number of benzene rings is 2. The Morgan fingerprint density at radius 3 is 1.78 bits per heavy atom. The van der Waals surface area contributed by atoms with E-state index in [9.17, 15) is 57.8 Å². The van der Waals surface area contributed by atoms with Gasteiger partial charge in [-0.05, 0) is 56.6 Å². The number of hydrogen-bond donors (Lipinski definition) is 9. The summed E-state index contributed by atoms with van der Waals surface area (Å²) in [6.07, 6.45) is -4.56. The average molecular weight is 935 g/mol. The number of aliphatic hydroxyl groups is 1. The van der Waals surface area contributed by atoms with Crippen LogP contribution in [0.2, 0.25) is 0 Å². The predicted molar refractivity (Wildman–Crippen MR) is 239 cm³/mol. The van der Waals surface area contributed by atoms with E-state index in [0.717, 1.165) is 13.8 Å². The van der Waals surface area contributed by atoms with E-state index in [0.29, 0.717) is 11.1 Å². The van der Waals surface area contributed by atoms with Crippen LogP contribution in [0, 0.1) is 11.8 Å². The Hall–Kier alpha value is -7.03. The second-order valence-corrected chi connectivity index (χ2v) is 17.3. The summed E-state index contributed by atoms with van der Waals surface area (Å²) in [5, 5.41) is 27.5. The van der Waals surface area contributed by atoms with Gasteiger partial charge in [-0.15, -0.1) is 0 Å². The van der Waals surface area contributed by atoms with Crippen molar-refractivity contribution in [2.75, 3.05) is 0 Å². The number of hydrogen-bond acceptors (Lipinski definition) is 13. The maximum Gasteiger partial charge on any atom is 0.328 e. The van der Waals surface area contributed by atoms with Crippen molar-refractivity contribution in [3.05, 3.63) is 71.8 Å². The Kier molecular flexibility index (Phi) is 20.8. The van der Waals surface area contributed by atoms with Gasteiger partial charge in [0.1, 0.15) is 42.4 Å². The molecule has 0 spiro atoms. The van der Waals surface area contributed by atoms with E-state index in [1.54, 1.807) is 88.4 Å². The molecule has 1 aliphatic rings. The topological polar surface area (TPSA) is 327 Å². The van der Waals surface area contributed by atoms with Gasteiger partial charge >= 0.3 is 5.97 Å². The van der Waals surface area contributed by atoms with Gasteiger partial charge in [0.25, 0.3) is 11.7 Å². The summed E-state index contributed by atoms with van der Waals surface area (Å²) in [5.74, 6) is -13.5. The molecule has 9 atom stereocenters. The van der Waals surface area contributed by atoms with Gasteiger partial charge in [-0.2, -0.15) is 0 Å². The van der Waals surface area contributed by atoms with E-state index in [1.165, 1.54) is 6.92 Å². The molecule has 3 rings (SSSR count). The number of primary amides is 1. The molecule has 2 aromatic rings. The molecule has 3 unspecified atom stereocenters. The number of aliphatic hydroxyl groups excluding tert-OH is 1. The fraction of sp³-hybridized carbons (Fsp3) is 0.500. The molecule has 67 heavy (non-hydrogen) atoms. The predicted octanol–water partition coefficient (Wildman–Crippen LogP) is -1.68. The molecule has 21 heteroatoms. The van der Waals surface area contributed by atoms with Crippen molar-refractivity contribution in [3.63, 3.8) is 0 Å². The number of rotatable bonds is 16. The minimum Gasteiger partial charge on any atom is -0.458 e. The maximum atomic E-state index is 14.2. The molecule has 0 aromatic heterocycles. The zero-order chi connectivity index (χ0) is 50.1. The third-order valence-corrected chi connectivity index (χ3v) is 10.4. The van der Waals surface area contributed by atoms with Crippen molar-refractivity contribution in [2.45, 2.75) is 135 Å². The van der Waals surface area contributed by atoms with Gasteiger partial charge < -0.3 is 52.8 Å². The van der Waals surface area contributed by atoms with Crippen LogP contribution < -0.4 is 43.0 Å². The lowest BCUT2D eigenvalue weighted by Gasteiger charge is -2.31. The first kappa shape index (κ1) is 54.3. The highest BCUT2D eigenvalue weighted by Crippen LogP contribution is 2.13. The number of nitrogens with one attached hydrogen (secondary N) is 7. The molecule has 10 N–H and O–H groups in total. The lowest BCUT2D eigenvalue weighted by Crippen LogP contribution is -2.63. The molecule has 0 radical (unpaired) electrons. The maximum absolute atomic E-state index is 14.2. The van der Waals surface area contributed by atoms with E-state index in [1.807, 2.05) is 0 Å². The Balaban J connectivity index is 2.03. The molecule has 0 bridgehead atoms. The minimum atomic E-state index is -1.95. The number of nitrogens with two attached hydrogens (primary N) is 1. The number of ether oxygens (including phenoxy) is 1. The van der Waals surface area contributed by atoms with Crippen molar-refractivity contribution in [1.29, 1.82) is 0 Å². The van der Waals surface area contributed by atoms with Gasteiger partial charge in [-0.1, -0.05) is 88.4 Å². The van der Waals surface area contributed by atoms with Gasteiger partial charge in [-0.3, -0.25) is 47.9 Å². The lowest BCUT2D eigenvalue weighted by atomic mass is 9.96. The van der Waals surface area contributed by atoms with Crippen molar-refractivity contribution in [2.24, 2.45) is 17.6 Å². The molecule has 2 aromatic carbocycles. The van der Waals surface area contributed by atoms with Gasteiger partial charge in [0, 0.05) is 6.42 Å². The van der Waals surface area contributed by atoms with Gasteiger partial charge in [-0.25, -0.2) is 4.79 Å². The molecule has 1 saturated heterocycles. The lowest BCUT2D eigenvalue weighted by molar-refractivity contribution is -0.156. The van der Waals surface area contributed by atoms with E-state index in [2.05, 4.69) is 37.2 Å². The fourth-order valence-electron chi connectivity index (χ4n) is 6.95. The Morgan fingerprint density at radius 1 is 0.687 bits per heavy atom. The van der Waals surface area contributed by atoms with Gasteiger partial charge in [0.2, 0.25) is 47.1 Å². The molecule has 0 saturated carbocycles. The van der Waals surface area contributed by atoms with Crippen molar-refractivity contribution >= 4 is 64.8 Å². The Labute approximate surface area is 388 Å². The van der Waals surface area contributed by atoms with Crippen LogP contribution >= 0.6 is 0 Å². The molecule has 8 amide bonds. The highest BCUT2D eigenvalue weighted by molar-refractivity contribution is 6.64. The first-order chi connectivity index (χ1) is 31.5. The van der Waals surface area contributed by atoms with Crippen molar-refractivity contribution in [3.8, 4) is 0 Å². The smallest absolute Gasteiger partial charge is 0.328 e. The van der Waals surface area contributed by atoms with Crippen LogP contribution in [-0.2, 0) is 70.3 Å². The number of carbonyl (C=O) groups is 11. The van der Waals surface area contributed by atoms with Crippen molar-refractivity contribution in [1.82, 2.24) is 37.2 Å². The van der Waals surface area contributed by atoms with Crippen LogP contribution in [0.25, 0.3) is 0 Å². The molecule has 0 aliphatic carbocycles. The SMILES string of the molecule is CC(C)CC1NC(=O)C(=O)C(=O)C(CC(C)C)NC(=O)[C@@H](NC(=O)[C@@H](NC(=O)[C@H](Cc2ccccc2)NC(=O)Cc2ccccc2)[C@@H](C)O)[C@@H](C)OC(=O)[C@@H](C)NC(=O)C(CC(N)=O)NC1=O. The number of ketones is 2. The molecular formula is C46H62N8O13. The standard InChI is InChI=1S/C46H62N8O13/c1-23(2)18-30-38(58)39(59)45(65)52-31(19-24(3)4)41(61)51-33(22-34(47)56)40(60)48-25(5)46(66)67-27(7)37(44(64)50-30)54-43(63)36(26(6)55)53-42(62)32(20-28-14-10-8-11-15-28)49-35(57)21-29-16-12-9-13-17-29/h8-17,23-27,30-33,36-37,55H,18-22H2,1-7H3,(H2,47,56)(H,48,60)(H,49,57)(H,50,64)(H,51,61)(H,52,65)(H,53,62)(H,54,63)/t25-,26-,27-,30?,31?,32+,33?,36+,37+/m1/s1. The third kappa shape index (κ3) is 17.4. The summed E-state index contributed by atoms with van der Waals surface area (Å²) in [7, 11) is 0. The summed E-state index contributed by atoms with van der Waals surface area (Å²) in [5.41, 5.74) is 6.64. The summed E-state index contributed by atoms with van der Waals surface area (Å²) in [6, 6.07) is 5.80. The van der Waals surface area contributed by atoms with Gasteiger partial charge in [0.15, 0.2) is 0 Å². The molecule has 1 fully saturated rings. The second kappa shape index (κ2) is 25.6. The van der Waals surface area contributed by atoms with Crippen LogP contribution in [0.15, 0.2) is 60.7 Å². The minimum absolute atomic E-state index is 0.0376. The summed E-state index contributed by atoms with van der Waals surface area (Å²) >= 11 is 0. The highest BCUT2D eigenvalue weighted by atomic mass is 16.5. The van der Waals surface area contributed by atoms with E-state index < -0.39 is 132 Å². The van der Waals surface area contributed by atoms with Crippen LogP contribution in [0.4, 0.5) is 0 Å². The third-order valence-electron chi connectivity index (χ3n) is 10.4. The number of cyclic esters (lactones) is 1. The summed E-state index contributed by atoms with van der Waals surface area (Å²) < 4.78 is 5.52. The normalized spacial score (nSPS) is 22.6. The van der Waals surface area contributed by atoms with Crippen molar-refractivity contribution < 1.29 is 62.6 Å². The molecular weight excluding hydrogens is 873 g/mol. The number of carbonyl (C=O) groups excluding carboxylic acids is 11. The van der Waals surface area contributed by atoms with E-state index in [4.69, 9.17) is 10.5 Å². The zero-order valence-electron chi connectivity index (χ0n) is 38.6.